The minimum Gasteiger partial charge on any atom is -0.487 e. The molecule has 0 saturated heterocycles. The van der Waals surface area contributed by atoms with Gasteiger partial charge in [0.2, 0.25) is 5.91 Å². The number of hydrogen-bond donors (Lipinski definition) is 2. The summed E-state index contributed by atoms with van der Waals surface area (Å²) in [5.41, 5.74) is 1.04. The molecular formula is C21H22FNO4. The molecule has 0 saturated carbocycles. The number of nitrogens with one attached hydrogen (secondary N) is 1. The van der Waals surface area contributed by atoms with Crippen LogP contribution >= 0.6 is 0 Å². The summed E-state index contributed by atoms with van der Waals surface area (Å²) in [4.78, 5) is 23.8. The number of benzene rings is 2. The van der Waals surface area contributed by atoms with E-state index in [2.05, 4.69) is 5.32 Å². The topological polar surface area (TPSA) is 75.6 Å². The van der Waals surface area contributed by atoms with Crippen molar-refractivity contribution in [3.63, 3.8) is 0 Å². The Kier molecular flexibility index (Phi) is 5.17. The van der Waals surface area contributed by atoms with Crippen molar-refractivity contribution in [3.05, 3.63) is 65.0 Å². The van der Waals surface area contributed by atoms with Gasteiger partial charge in [0.1, 0.15) is 17.2 Å². The molecule has 0 aliphatic carbocycles. The van der Waals surface area contributed by atoms with E-state index >= 15 is 0 Å². The van der Waals surface area contributed by atoms with E-state index in [-0.39, 0.29) is 29.8 Å². The van der Waals surface area contributed by atoms with Crippen molar-refractivity contribution >= 4 is 11.9 Å². The van der Waals surface area contributed by atoms with Crippen LogP contribution in [0.4, 0.5) is 4.39 Å². The molecular weight excluding hydrogens is 349 g/mol. The lowest BCUT2D eigenvalue weighted by Crippen LogP contribution is -2.41. The van der Waals surface area contributed by atoms with Crippen molar-refractivity contribution in [2.45, 2.75) is 44.8 Å². The molecule has 0 bridgehead atoms. The van der Waals surface area contributed by atoms with Crippen molar-refractivity contribution < 1.29 is 23.8 Å². The van der Waals surface area contributed by atoms with Crippen LogP contribution in [0.1, 0.15) is 54.2 Å². The maximum atomic E-state index is 13.5. The van der Waals surface area contributed by atoms with Gasteiger partial charge in [-0.05, 0) is 38.0 Å². The number of carboxylic acids is 1. The molecule has 3 rings (SSSR count). The van der Waals surface area contributed by atoms with E-state index in [1.807, 2.05) is 13.8 Å². The first-order chi connectivity index (χ1) is 12.7. The van der Waals surface area contributed by atoms with Crippen molar-refractivity contribution in [3.8, 4) is 5.75 Å². The van der Waals surface area contributed by atoms with E-state index in [4.69, 9.17) is 4.74 Å². The van der Waals surface area contributed by atoms with Crippen LogP contribution in [-0.4, -0.2) is 22.6 Å². The van der Waals surface area contributed by atoms with Gasteiger partial charge in [0, 0.05) is 24.5 Å². The fourth-order valence-electron chi connectivity index (χ4n) is 3.42. The molecule has 27 heavy (non-hydrogen) atoms. The van der Waals surface area contributed by atoms with Crippen LogP contribution < -0.4 is 10.1 Å². The monoisotopic (exact) mass is 371 g/mol. The van der Waals surface area contributed by atoms with E-state index in [1.54, 1.807) is 24.3 Å². The fourth-order valence-corrected chi connectivity index (χ4v) is 3.42. The highest BCUT2D eigenvalue weighted by atomic mass is 19.1. The fraction of sp³-hybridized carbons (Fsp3) is 0.333. The van der Waals surface area contributed by atoms with Gasteiger partial charge < -0.3 is 15.2 Å². The summed E-state index contributed by atoms with van der Waals surface area (Å²) >= 11 is 0. The second-order valence-electron chi connectivity index (χ2n) is 7.33. The average molecular weight is 371 g/mol. The maximum absolute atomic E-state index is 13.5. The van der Waals surface area contributed by atoms with E-state index in [1.165, 1.54) is 18.2 Å². The molecule has 2 aromatic carbocycles. The highest BCUT2D eigenvalue weighted by molar-refractivity contribution is 5.89. The third kappa shape index (κ3) is 4.45. The van der Waals surface area contributed by atoms with Crippen LogP contribution in [0.3, 0.4) is 0 Å². The third-order valence-corrected chi connectivity index (χ3v) is 4.64. The van der Waals surface area contributed by atoms with Crippen LogP contribution in [0.5, 0.6) is 5.75 Å². The maximum Gasteiger partial charge on any atom is 0.335 e. The molecule has 1 unspecified atom stereocenters. The lowest BCUT2D eigenvalue weighted by atomic mass is 9.89. The van der Waals surface area contributed by atoms with E-state index in [0.717, 1.165) is 5.56 Å². The quantitative estimate of drug-likeness (QED) is 0.836. The number of rotatable bonds is 5. The number of carbonyl (C=O) groups excluding carboxylic acids is 1. The summed E-state index contributed by atoms with van der Waals surface area (Å²) in [6, 6.07) is 10.7. The minimum atomic E-state index is -1.01. The molecule has 1 heterocycles. The van der Waals surface area contributed by atoms with Gasteiger partial charge in [-0.25, -0.2) is 9.18 Å². The molecule has 0 radical (unpaired) electrons. The van der Waals surface area contributed by atoms with Crippen molar-refractivity contribution in [1.82, 2.24) is 5.32 Å². The van der Waals surface area contributed by atoms with Gasteiger partial charge in [-0.2, -0.15) is 0 Å². The molecule has 5 nitrogen and oxygen atoms in total. The Bertz CT molecular complexity index is 878. The highest BCUT2D eigenvalue weighted by Gasteiger charge is 2.34. The Balaban J connectivity index is 1.71. The normalized spacial score (nSPS) is 17.5. The van der Waals surface area contributed by atoms with Crippen LogP contribution in [0, 0.1) is 5.82 Å². The first kappa shape index (κ1) is 18.9. The van der Waals surface area contributed by atoms with Crippen molar-refractivity contribution in [1.29, 1.82) is 0 Å². The zero-order valence-corrected chi connectivity index (χ0v) is 15.3. The molecule has 6 heteroatoms. The largest absolute Gasteiger partial charge is 0.487 e. The Hall–Kier alpha value is -2.89. The second-order valence-corrected chi connectivity index (χ2v) is 7.33. The van der Waals surface area contributed by atoms with Gasteiger partial charge in [0.25, 0.3) is 0 Å². The van der Waals surface area contributed by atoms with Gasteiger partial charge >= 0.3 is 5.97 Å². The Morgan fingerprint density at radius 3 is 2.74 bits per heavy atom. The summed E-state index contributed by atoms with van der Waals surface area (Å²) in [6.07, 6.45) is 1.05. The SMILES string of the molecule is CC1(C)CC(NC(=O)CCc2ccccc2C(=O)O)c2ccc(F)cc2O1. The van der Waals surface area contributed by atoms with Gasteiger partial charge in [-0.1, -0.05) is 24.3 Å². The molecule has 1 aliphatic rings. The summed E-state index contributed by atoms with van der Waals surface area (Å²) in [7, 11) is 0. The molecule has 1 amide bonds. The highest BCUT2D eigenvalue weighted by Crippen LogP contribution is 2.39. The molecule has 0 aromatic heterocycles. The molecule has 0 fully saturated rings. The predicted molar refractivity (Wildman–Crippen MR) is 98.3 cm³/mol. The van der Waals surface area contributed by atoms with Crippen LogP contribution in [0.25, 0.3) is 0 Å². The van der Waals surface area contributed by atoms with Gasteiger partial charge in [0.05, 0.1) is 11.6 Å². The number of amides is 1. The molecule has 142 valence electrons. The van der Waals surface area contributed by atoms with E-state index in [9.17, 15) is 19.1 Å². The first-order valence-corrected chi connectivity index (χ1v) is 8.84. The van der Waals surface area contributed by atoms with Crippen LogP contribution in [0.2, 0.25) is 0 Å². The number of hydrogen-bond acceptors (Lipinski definition) is 3. The standard InChI is InChI=1S/C21H22FNO4/c1-21(2)12-17(16-9-8-14(22)11-18(16)27-21)23-19(24)10-7-13-5-3-4-6-15(13)20(25)26/h3-6,8-9,11,17H,7,10,12H2,1-2H3,(H,23,24)(H,25,26). The number of fused-ring (bicyclic) bond motifs is 1. The number of carbonyl (C=O) groups is 2. The van der Waals surface area contributed by atoms with Crippen molar-refractivity contribution in [2.75, 3.05) is 0 Å². The van der Waals surface area contributed by atoms with E-state index in [0.29, 0.717) is 24.2 Å². The zero-order chi connectivity index (χ0) is 19.6. The molecule has 0 spiro atoms. The Morgan fingerprint density at radius 1 is 1.26 bits per heavy atom. The van der Waals surface area contributed by atoms with Gasteiger partial charge in [0.15, 0.2) is 0 Å². The summed E-state index contributed by atoms with van der Waals surface area (Å²) in [6.45, 7) is 3.78. The minimum absolute atomic E-state index is 0.165. The molecule has 1 aliphatic heterocycles. The lowest BCUT2D eigenvalue weighted by Gasteiger charge is -2.38. The zero-order valence-electron chi connectivity index (χ0n) is 15.3. The Morgan fingerprint density at radius 2 is 2.00 bits per heavy atom. The third-order valence-electron chi connectivity index (χ3n) is 4.64. The van der Waals surface area contributed by atoms with Crippen molar-refractivity contribution in [2.24, 2.45) is 0 Å². The van der Waals surface area contributed by atoms with Crippen LogP contribution in [0.15, 0.2) is 42.5 Å². The number of ether oxygens (including phenoxy) is 1. The van der Waals surface area contributed by atoms with Gasteiger partial charge in [-0.15, -0.1) is 0 Å². The smallest absolute Gasteiger partial charge is 0.335 e. The first-order valence-electron chi connectivity index (χ1n) is 8.84. The molecule has 2 aromatic rings. The Labute approximate surface area is 157 Å². The molecule has 1 atom stereocenters. The predicted octanol–water partition coefficient (Wildman–Crippen LogP) is 3.88. The van der Waals surface area contributed by atoms with E-state index < -0.39 is 11.6 Å². The van der Waals surface area contributed by atoms with Gasteiger partial charge in [-0.3, -0.25) is 4.79 Å². The number of aromatic carboxylic acids is 1. The lowest BCUT2D eigenvalue weighted by molar-refractivity contribution is -0.122. The summed E-state index contributed by atoms with van der Waals surface area (Å²) in [5.74, 6) is -1.14. The second kappa shape index (κ2) is 7.39. The van der Waals surface area contributed by atoms with Crippen LogP contribution in [-0.2, 0) is 11.2 Å². The summed E-state index contributed by atoms with van der Waals surface area (Å²) < 4.78 is 19.4. The number of carboxylic acid groups (broad SMARTS) is 1. The summed E-state index contributed by atoms with van der Waals surface area (Å²) in [5, 5.41) is 12.2. The molecule has 2 N–H and O–H groups in total. The number of aryl methyl sites for hydroxylation is 1. The average Bonchev–Trinajstić information content (AvgIpc) is 2.58. The number of halogens is 1.